The molecule has 0 bridgehead atoms. The molecular formula is C16H17F2NO. The van der Waals surface area contributed by atoms with Crippen LogP contribution in [0.5, 0.6) is 5.75 Å². The average molecular weight is 277 g/mol. The lowest BCUT2D eigenvalue weighted by Gasteiger charge is -2.15. The van der Waals surface area contributed by atoms with Crippen LogP contribution in [0.4, 0.5) is 8.78 Å². The van der Waals surface area contributed by atoms with E-state index in [-0.39, 0.29) is 18.2 Å². The Kier molecular flexibility index (Phi) is 4.69. The lowest BCUT2D eigenvalue weighted by atomic mass is 10.1. The van der Waals surface area contributed by atoms with E-state index in [1.807, 2.05) is 31.2 Å². The van der Waals surface area contributed by atoms with Crippen molar-refractivity contribution >= 4 is 0 Å². The maximum Gasteiger partial charge on any atom is 0.130 e. The van der Waals surface area contributed by atoms with Gasteiger partial charge < -0.3 is 10.1 Å². The molecule has 20 heavy (non-hydrogen) atoms. The van der Waals surface area contributed by atoms with Crippen LogP contribution in [-0.2, 0) is 6.54 Å². The van der Waals surface area contributed by atoms with Gasteiger partial charge in [-0.25, -0.2) is 8.78 Å². The summed E-state index contributed by atoms with van der Waals surface area (Å²) < 4.78 is 32.1. The molecule has 2 aromatic carbocycles. The van der Waals surface area contributed by atoms with E-state index in [0.29, 0.717) is 0 Å². The Morgan fingerprint density at radius 1 is 1.05 bits per heavy atom. The van der Waals surface area contributed by atoms with Crippen LogP contribution in [0.3, 0.4) is 0 Å². The Labute approximate surface area is 117 Å². The van der Waals surface area contributed by atoms with E-state index >= 15 is 0 Å². The summed E-state index contributed by atoms with van der Waals surface area (Å²) in [5, 5.41) is 3.11. The lowest BCUT2D eigenvalue weighted by Crippen LogP contribution is -2.19. The van der Waals surface area contributed by atoms with Gasteiger partial charge in [0.1, 0.15) is 17.4 Å². The van der Waals surface area contributed by atoms with Crippen molar-refractivity contribution in [2.75, 3.05) is 7.11 Å². The summed E-state index contributed by atoms with van der Waals surface area (Å²) in [6, 6.07) is 11.4. The quantitative estimate of drug-likeness (QED) is 0.897. The van der Waals surface area contributed by atoms with Crippen LogP contribution in [0.15, 0.2) is 42.5 Å². The molecule has 0 heterocycles. The fourth-order valence-electron chi connectivity index (χ4n) is 1.97. The number of benzene rings is 2. The maximum absolute atomic E-state index is 13.5. The molecule has 4 heteroatoms. The molecule has 0 fully saturated rings. The second-order valence-electron chi connectivity index (χ2n) is 4.58. The van der Waals surface area contributed by atoms with Crippen molar-refractivity contribution in [1.29, 1.82) is 0 Å². The van der Waals surface area contributed by atoms with Crippen molar-refractivity contribution in [2.45, 2.75) is 19.5 Å². The predicted octanol–water partition coefficient (Wildman–Crippen LogP) is 3.82. The first-order chi connectivity index (χ1) is 9.61. The molecule has 0 saturated carbocycles. The third-order valence-electron chi connectivity index (χ3n) is 3.26. The van der Waals surface area contributed by atoms with E-state index in [2.05, 4.69) is 5.32 Å². The monoisotopic (exact) mass is 277 g/mol. The van der Waals surface area contributed by atoms with Crippen molar-refractivity contribution in [1.82, 2.24) is 5.32 Å². The summed E-state index contributed by atoms with van der Waals surface area (Å²) in [4.78, 5) is 0. The van der Waals surface area contributed by atoms with Gasteiger partial charge in [0, 0.05) is 18.2 Å². The molecule has 0 aromatic heterocycles. The first kappa shape index (κ1) is 14.5. The van der Waals surface area contributed by atoms with Gasteiger partial charge in [-0.1, -0.05) is 18.2 Å². The highest BCUT2D eigenvalue weighted by molar-refractivity contribution is 5.29. The van der Waals surface area contributed by atoms with E-state index in [4.69, 9.17) is 4.74 Å². The van der Waals surface area contributed by atoms with E-state index < -0.39 is 11.6 Å². The summed E-state index contributed by atoms with van der Waals surface area (Å²) in [5.74, 6) is -0.278. The minimum Gasteiger partial charge on any atom is -0.497 e. The van der Waals surface area contributed by atoms with Gasteiger partial charge in [0.2, 0.25) is 0 Å². The third-order valence-corrected chi connectivity index (χ3v) is 3.26. The fraction of sp³-hybridized carbons (Fsp3) is 0.250. The lowest BCUT2D eigenvalue weighted by molar-refractivity contribution is 0.414. The van der Waals surface area contributed by atoms with Crippen LogP contribution in [0.25, 0.3) is 0 Å². The number of methoxy groups -OCH3 is 1. The van der Waals surface area contributed by atoms with E-state index in [9.17, 15) is 8.78 Å². The maximum atomic E-state index is 13.5. The fourth-order valence-corrected chi connectivity index (χ4v) is 1.97. The van der Waals surface area contributed by atoms with Crippen LogP contribution in [0.1, 0.15) is 24.1 Å². The molecule has 2 rings (SSSR count). The van der Waals surface area contributed by atoms with Crippen molar-refractivity contribution in [2.24, 2.45) is 0 Å². The molecule has 0 aliphatic carbocycles. The highest BCUT2D eigenvalue weighted by atomic mass is 19.1. The molecule has 0 aliphatic heterocycles. The molecule has 0 spiro atoms. The Morgan fingerprint density at radius 3 is 2.20 bits per heavy atom. The molecule has 1 N–H and O–H groups in total. The van der Waals surface area contributed by atoms with Crippen molar-refractivity contribution in [3.05, 3.63) is 65.2 Å². The van der Waals surface area contributed by atoms with E-state index in [1.54, 1.807) is 7.11 Å². The summed E-state index contributed by atoms with van der Waals surface area (Å²) in [5.41, 5.74) is 1.09. The topological polar surface area (TPSA) is 21.3 Å². The number of hydrogen-bond donors (Lipinski definition) is 1. The second kappa shape index (κ2) is 6.48. The molecule has 1 atom stereocenters. The largest absolute Gasteiger partial charge is 0.497 e. The Balaban J connectivity index is 2.02. The van der Waals surface area contributed by atoms with Crippen LogP contribution in [0, 0.1) is 11.6 Å². The first-order valence-electron chi connectivity index (χ1n) is 6.42. The van der Waals surface area contributed by atoms with Gasteiger partial charge in [-0.05, 0) is 36.8 Å². The number of hydrogen-bond acceptors (Lipinski definition) is 2. The first-order valence-corrected chi connectivity index (χ1v) is 6.42. The summed E-state index contributed by atoms with van der Waals surface area (Å²) in [7, 11) is 1.61. The van der Waals surface area contributed by atoms with Crippen molar-refractivity contribution in [3.63, 3.8) is 0 Å². The number of ether oxygens (including phenoxy) is 1. The molecule has 106 valence electrons. The standard InChI is InChI=1S/C16H17F2NO/c1-11(12-6-8-13(20-2)9-7-12)19-10-14-15(17)4-3-5-16(14)18/h3-9,11,19H,10H2,1-2H3/t11-/m0/s1. The molecule has 0 saturated heterocycles. The molecule has 0 unspecified atom stereocenters. The summed E-state index contributed by atoms with van der Waals surface area (Å²) in [6.07, 6.45) is 0. The normalized spacial score (nSPS) is 12.2. The van der Waals surface area contributed by atoms with Crippen LogP contribution in [-0.4, -0.2) is 7.11 Å². The zero-order valence-corrected chi connectivity index (χ0v) is 11.5. The third kappa shape index (κ3) is 3.33. The van der Waals surface area contributed by atoms with E-state index in [1.165, 1.54) is 18.2 Å². The second-order valence-corrected chi connectivity index (χ2v) is 4.58. The highest BCUT2D eigenvalue weighted by Gasteiger charge is 2.10. The highest BCUT2D eigenvalue weighted by Crippen LogP contribution is 2.19. The molecule has 0 radical (unpaired) electrons. The Hall–Kier alpha value is -1.94. The van der Waals surface area contributed by atoms with E-state index in [0.717, 1.165) is 11.3 Å². The number of nitrogens with one attached hydrogen (secondary N) is 1. The van der Waals surface area contributed by atoms with Gasteiger partial charge in [0.25, 0.3) is 0 Å². The SMILES string of the molecule is COc1ccc([C@H](C)NCc2c(F)cccc2F)cc1. The van der Waals surface area contributed by atoms with Crippen LogP contribution in [0.2, 0.25) is 0 Å². The van der Waals surface area contributed by atoms with Gasteiger partial charge in [0.05, 0.1) is 7.11 Å². The molecule has 0 amide bonds. The van der Waals surface area contributed by atoms with Gasteiger partial charge in [-0.3, -0.25) is 0 Å². The Bertz CT molecular complexity index is 549. The molecule has 2 aromatic rings. The smallest absolute Gasteiger partial charge is 0.130 e. The Morgan fingerprint density at radius 2 is 1.65 bits per heavy atom. The van der Waals surface area contributed by atoms with Crippen molar-refractivity contribution < 1.29 is 13.5 Å². The minimum atomic E-state index is -0.528. The zero-order valence-electron chi connectivity index (χ0n) is 11.5. The van der Waals surface area contributed by atoms with Crippen LogP contribution < -0.4 is 10.1 Å². The van der Waals surface area contributed by atoms with Gasteiger partial charge in [-0.2, -0.15) is 0 Å². The molecule has 0 aliphatic rings. The van der Waals surface area contributed by atoms with Gasteiger partial charge >= 0.3 is 0 Å². The summed E-state index contributed by atoms with van der Waals surface area (Å²) in [6.45, 7) is 2.09. The summed E-state index contributed by atoms with van der Waals surface area (Å²) >= 11 is 0. The molecular weight excluding hydrogens is 260 g/mol. The minimum absolute atomic E-state index is 0.0140. The van der Waals surface area contributed by atoms with Crippen LogP contribution >= 0.6 is 0 Å². The zero-order chi connectivity index (χ0) is 14.5. The van der Waals surface area contributed by atoms with Crippen molar-refractivity contribution in [3.8, 4) is 5.75 Å². The number of rotatable bonds is 5. The van der Waals surface area contributed by atoms with Gasteiger partial charge in [0.15, 0.2) is 0 Å². The number of halogens is 2. The van der Waals surface area contributed by atoms with Gasteiger partial charge in [-0.15, -0.1) is 0 Å². The molecule has 2 nitrogen and oxygen atoms in total. The average Bonchev–Trinajstić information content (AvgIpc) is 2.46. The predicted molar refractivity (Wildman–Crippen MR) is 74.6 cm³/mol.